The molecule has 1 amide bonds. The molecule has 0 saturated heterocycles. The second-order valence-electron chi connectivity index (χ2n) is 4.92. The summed E-state index contributed by atoms with van der Waals surface area (Å²) in [4.78, 5) is 12.3. The van der Waals surface area contributed by atoms with Crippen LogP contribution in [0.4, 0.5) is 0 Å². The third kappa shape index (κ3) is 2.90. The Labute approximate surface area is 127 Å². The van der Waals surface area contributed by atoms with E-state index in [1.165, 1.54) is 0 Å². The fourth-order valence-corrected chi connectivity index (χ4v) is 2.32. The van der Waals surface area contributed by atoms with Crippen molar-refractivity contribution in [3.63, 3.8) is 0 Å². The van der Waals surface area contributed by atoms with Crippen molar-refractivity contribution in [3.05, 3.63) is 64.8 Å². The average molecular weight is 300 g/mol. The zero-order valence-corrected chi connectivity index (χ0v) is 12.2. The van der Waals surface area contributed by atoms with Crippen LogP contribution in [-0.2, 0) is 0 Å². The third-order valence-corrected chi connectivity index (χ3v) is 3.67. The number of nitrogens with one attached hydrogen (secondary N) is 2. The lowest BCUT2D eigenvalue weighted by molar-refractivity contribution is 0.0940. The molecule has 0 aliphatic carbocycles. The number of H-pyrrole nitrogens is 1. The molecule has 1 unspecified atom stereocenters. The molecule has 21 heavy (non-hydrogen) atoms. The zero-order chi connectivity index (χ0) is 14.8. The lowest BCUT2D eigenvalue weighted by Gasteiger charge is -2.14. The van der Waals surface area contributed by atoms with Crippen LogP contribution in [0.1, 0.15) is 28.9 Å². The van der Waals surface area contributed by atoms with E-state index in [4.69, 9.17) is 11.6 Å². The van der Waals surface area contributed by atoms with Gasteiger partial charge in [0.05, 0.1) is 17.8 Å². The van der Waals surface area contributed by atoms with E-state index >= 15 is 0 Å². The molecule has 3 aromatic rings. The highest BCUT2D eigenvalue weighted by atomic mass is 35.5. The molecule has 0 spiro atoms. The molecule has 0 radical (unpaired) electrons. The summed E-state index contributed by atoms with van der Waals surface area (Å²) in [5.41, 5.74) is 2.46. The van der Waals surface area contributed by atoms with Crippen LogP contribution < -0.4 is 5.32 Å². The number of aromatic amines is 1. The molecule has 0 fully saturated rings. The molecule has 0 aliphatic rings. The predicted octanol–water partition coefficient (Wildman–Crippen LogP) is 3.71. The molecule has 0 bridgehead atoms. The summed E-state index contributed by atoms with van der Waals surface area (Å²) in [5.74, 6) is -0.117. The molecule has 1 heterocycles. The monoisotopic (exact) mass is 299 g/mol. The Bertz CT molecular complexity index is 780. The second kappa shape index (κ2) is 5.58. The number of nitrogens with zero attached hydrogens (tertiary/aromatic N) is 1. The van der Waals surface area contributed by atoms with Gasteiger partial charge in [0, 0.05) is 16.0 Å². The van der Waals surface area contributed by atoms with E-state index in [1.54, 1.807) is 18.3 Å². The van der Waals surface area contributed by atoms with Crippen molar-refractivity contribution in [1.82, 2.24) is 15.5 Å². The van der Waals surface area contributed by atoms with E-state index in [1.807, 2.05) is 37.3 Å². The average Bonchev–Trinajstić information content (AvgIpc) is 2.95. The minimum atomic E-state index is -0.117. The standard InChI is InChI=1S/C16H14ClN3O/c1-10(11-4-6-14(17)7-5-11)19-16(21)12-2-3-13-9-18-20-15(13)8-12/h2-10H,1H3,(H,18,20)(H,19,21). The smallest absolute Gasteiger partial charge is 0.251 e. The van der Waals surface area contributed by atoms with Crippen LogP contribution in [0.3, 0.4) is 0 Å². The van der Waals surface area contributed by atoms with Gasteiger partial charge < -0.3 is 5.32 Å². The number of rotatable bonds is 3. The SMILES string of the molecule is CC(NC(=O)c1ccc2cn[nH]c2c1)c1ccc(Cl)cc1. The Kier molecular flexibility index (Phi) is 3.62. The summed E-state index contributed by atoms with van der Waals surface area (Å²) >= 11 is 5.87. The molecule has 0 saturated carbocycles. The molecular weight excluding hydrogens is 286 g/mol. The maximum Gasteiger partial charge on any atom is 0.251 e. The summed E-state index contributed by atoms with van der Waals surface area (Å²) < 4.78 is 0. The number of carbonyl (C=O) groups excluding carboxylic acids is 1. The largest absolute Gasteiger partial charge is 0.346 e. The predicted molar refractivity (Wildman–Crippen MR) is 83.4 cm³/mol. The number of amides is 1. The Morgan fingerprint density at radius 2 is 2.00 bits per heavy atom. The van der Waals surface area contributed by atoms with Crippen molar-refractivity contribution >= 4 is 28.4 Å². The van der Waals surface area contributed by atoms with Crippen molar-refractivity contribution in [3.8, 4) is 0 Å². The van der Waals surface area contributed by atoms with Gasteiger partial charge in [0.25, 0.3) is 5.91 Å². The molecule has 5 heteroatoms. The first-order valence-electron chi connectivity index (χ1n) is 6.63. The summed E-state index contributed by atoms with van der Waals surface area (Å²) in [6.07, 6.45) is 1.73. The first kappa shape index (κ1) is 13.6. The highest BCUT2D eigenvalue weighted by molar-refractivity contribution is 6.30. The maximum atomic E-state index is 12.3. The quantitative estimate of drug-likeness (QED) is 0.774. The van der Waals surface area contributed by atoms with E-state index in [0.717, 1.165) is 16.5 Å². The number of halogens is 1. The van der Waals surface area contributed by atoms with Gasteiger partial charge in [0.2, 0.25) is 0 Å². The van der Waals surface area contributed by atoms with Gasteiger partial charge in [0.15, 0.2) is 0 Å². The lowest BCUT2D eigenvalue weighted by atomic mass is 10.1. The molecule has 3 rings (SSSR count). The topological polar surface area (TPSA) is 57.8 Å². The van der Waals surface area contributed by atoms with Gasteiger partial charge in [-0.25, -0.2) is 0 Å². The molecule has 4 nitrogen and oxygen atoms in total. The molecule has 0 aliphatic heterocycles. The maximum absolute atomic E-state index is 12.3. The number of aromatic nitrogens is 2. The first-order valence-corrected chi connectivity index (χ1v) is 7.01. The van der Waals surface area contributed by atoms with Crippen LogP contribution >= 0.6 is 11.6 Å². The van der Waals surface area contributed by atoms with Crippen molar-refractivity contribution in [2.75, 3.05) is 0 Å². The molecule has 1 atom stereocenters. The Hall–Kier alpha value is -2.33. The van der Waals surface area contributed by atoms with Crippen molar-refractivity contribution < 1.29 is 4.79 Å². The second-order valence-corrected chi connectivity index (χ2v) is 5.36. The summed E-state index contributed by atoms with van der Waals surface area (Å²) in [5, 5.41) is 11.4. The minimum Gasteiger partial charge on any atom is -0.346 e. The van der Waals surface area contributed by atoms with Crippen molar-refractivity contribution in [2.24, 2.45) is 0 Å². The van der Waals surface area contributed by atoms with Gasteiger partial charge in [-0.3, -0.25) is 9.89 Å². The Morgan fingerprint density at radius 1 is 1.24 bits per heavy atom. The van der Waals surface area contributed by atoms with E-state index in [0.29, 0.717) is 10.6 Å². The highest BCUT2D eigenvalue weighted by Gasteiger charge is 2.12. The Morgan fingerprint density at radius 3 is 2.76 bits per heavy atom. The van der Waals surface area contributed by atoms with Gasteiger partial charge in [-0.2, -0.15) is 5.10 Å². The number of benzene rings is 2. The number of fused-ring (bicyclic) bond motifs is 1. The fraction of sp³-hybridized carbons (Fsp3) is 0.125. The number of carbonyl (C=O) groups is 1. The van der Waals surface area contributed by atoms with Gasteiger partial charge in [-0.1, -0.05) is 29.8 Å². The molecule has 106 valence electrons. The van der Waals surface area contributed by atoms with Gasteiger partial charge >= 0.3 is 0 Å². The van der Waals surface area contributed by atoms with Crippen LogP contribution in [0.25, 0.3) is 10.9 Å². The van der Waals surface area contributed by atoms with Crippen molar-refractivity contribution in [1.29, 1.82) is 0 Å². The van der Waals surface area contributed by atoms with Gasteiger partial charge in [-0.15, -0.1) is 0 Å². The molecule has 2 aromatic carbocycles. The van der Waals surface area contributed by atoms with Gasteiger partial charge in [-0.05, 0) is 36.8 Å². The number of hydrogen-bond donors (Lipinski definition) is 2. The third-order valence-electron chi connectivity index (χ3n) is 3.42. The van der Waals surface area contributed by atoms with Crippen LogP contribution in [0.5, 0.6) is 0 Å². The highest BCUT2D eigenvalue weighted by Crippen LogP contribution is 2.17. The zero-order valence-electron chi connectivity index (χ0n) is 11.4. The summed E-state index contributed by atoms with van der Waals surface area (Å²) in [6, 6.07) is 12.8. The minimum absolute atomic E-state index is 0.0905. The fourth-order valence-electron chi connectivity index (χ4n) is 2.19. The molecular formula is C16H14ClN3O. The van der Waals surface area contributed by atoms with Crippen LogP contribution in [0, 0.1) is 0 Å². The van der Waals surface area contributed by atoms with Gasteiger partial charge in [0.1, 0.15) is 0 Å². The molecule has 1 aromatic heterocycles. The summed E-state index contributed by atoms with van der Waals surface area (Å²) in [7, 11) is 0. The van der Waals surface area contributed by atoms with Crippen LogP contribution in [-0.4, -0.2) is 16.1 Å². The summed E-state index contributed by atoms with van der Waals surface area (Å²) in [6.45, 7) is 1.94. The normalized spacial score (nSPS) is 12.3. The Balaban J connectivity index is 1.77. The molecule has 2 N–H and O–H groups in total. The van der Waals surface area contributed by atoms with E-state index in [-0.39, 0.29) is 11.9 Å². The van der Waals surface area contributed by atoms with Crippen molar-refractivity contribution in [2.45, 2.75) is 13.0 Å². The van der Waals surface area contributed by atoms with Crippen LogP contribution in [0.15, 0.2) is 48.7 Å². The number of hydrogen-bond acceptors (Lipinski definition) is 2. The first-order chi connectivity index (χ1) is 10.1. The van der Waals surface area contributed by atoms with E-state index in [2.05, 4.69) is 15.5 Å². The van der Waals surface area contributed by atoms with Crippen LogP contribution in [0.2, 0.25) is 5.02 Å². The van der Waals surface area contributed by atoms with E-state index in [9.17, 15) is 4.79 Å². The van der Waals surface area contributed by atoms with E-state index < -0.39 is 0 Å². The lowest BCUT2D eigenvalue weighted by Crippen LogP contribution is -2.26.